The minimum Gasteiger partial charge on any atom is -0.497 e. The van der Waals surface area contributed by atoms with Gasteiger partial charge in [0.25, 0.3) is 0 Å². The Bertz CT molecular complexity index is 1670. The third-order valence-electron chi connectivity index (χ3n) is 8.46. The van der Waals surface area contributed by atoms with Crippen molar-refractivity contribution in [3.63, 3.8) is 0 Å². The van der Waals surface area contributed by atoms with Gasteiger partial charge in [-0.3, -0.25) is 0 Å². The molecule has 6 aromatic carbocycles. The van der Waals surface area contributed by atoms with Gasteiger partial charge in [-0.25, -0.2) is 0 Å². The standard InChI is InChI=1S/C39H31NO/c1-41-35-27-28-36-37(29-35)39(32-21-11-4-12-22-32,33-23-13-5-14-24-33)40(34-25-15-6-16-26-34)38(36,30-17-7-2-8-18-30)31-19-9-3-10-20-31/h2-29H,1H3. The highest BCUT2D eigenvalue weighted by Gasteiger charge is 2.61. The van der Waals surface area contributed by atoms with Crippen LogP contribution in [0.1, 0.15) is 33.4 Å². The third-order valence-corrected chi connectivity index (χ3v) is 8.46. The summed E-state index contributed by atoms with van der Waals surface area (Å²) in [5.41, 5.74) is 7.01. The second-order valence-corrected chi connectivity index (χ2v) is 10.5. The lowest BCUT2D eigenvalue weighted by atomic mass is 9.76. The van der Waals surface area contributed by atoms with E-state index in [0.717, 1.165) is 11.4 Å². The van der Waals surface area contributed by atoms with E-state index in [0.29, 0.717) is 0 Å². The highest BCUT2D eigenvalue weighted by Crippen LogP contribution is 2.62. The van der Waals surface area contributed by atoms with E-state index in [2.05, 4.69) is 175 Å². The molecule has 0 saturated carbocycles. The van der Waals surface area contributed by atoms with E-state index in [1.165, 1.54) is 33.4 Å². The number of methoxy groups -OCH3 is 1. The first kappa shape index (κ1) is 24.9. The van der Waals surface area contributed by atoms with E-state index >= 15 is 0 Å². The summed E-state index contributed by atoms with van der Waals surface area (Å²) in [5, 5.41) is 0. The molecule has 0 N–H and O–H groups in total. The van der Waals surface area contributed by atoms with Crippen LogP contribution < -0.4 is 9.64 Å². The first-order chi connectivity index (χ1) is 20.3. The topological polar surface area (TPSA) is 12.5 Å². The molecule has 0 atom stereocenters. The number of para-hydroxylation sites is 1. The zero-order chi connectivity index (χ0) is 27.7. The Hall–Kier alpha value is -5.08. The number of hydrogen-bond acceptors (Lipinski definition) is 2. The van der Waals surface area contributed by atoms with Crippen LogP contribution in [0.25, 0.3) is 0 Å². The first-order valence-electron chi connectivity index (χ1n) is 14.1. The molecule has 0 amide bonds. The van der Waals surface area contributed by atoms with Gasteiger partial charge in [-0.1, -0.05) is 146 Å². The molecule has 0 fully saturated rings. The molecule has 0 saturated heterocycles. The van der Waals surface area contributed by atoms with E-state index < -0.39 is 11.1 Å². The SMILES string of the molecule is COc1ccc2c(c1)C(c1ccccc1)(c1ccccc1)N(c1ccccc1)C2(c1ccccc1)c1ccccc1. The Kier molecular flexibility index (Phi) is 6.17. The van der Waals surface area contributed by atoms with Gasteiger partial charge < -0.3 is 9.64 Å². The summed E-state index contributed by atoms with van der Waals surface area (Å²) in [6.45, 7) is 0. The number of nitrogens with zero attached hydrogens (tertiary/aromatic N) is 1. The number of benzene rings is 6. The van der Waals surface area contributed by atoms with Gasteiger partial charge >= 0.3 is 0 Å². The highest BCUT2D eigenvalue weighted by atomic mass is 16.5. The fraction of sp³-hybridized carbons (Fsp3) is 0.0769. The van der Waals surface area contributed by atoms with E-state index in [4.69, 9.17) is 4.74 Å². The summed E-state index contributed by atoms with van der Waals surface area (Å²) in [5.74, 6) is 0.838. The van der Waals surface area contributed by atoms with Crippen molar-refractivity contribution in [3.8, 4) is 5.75 Å². The van der Waals surface area contributed by atoms with Crippen molar-refractivity contribution >= 4 is 5.69 Å². The van der Waals surface area contributed by atoms with Crippen molar-refractivity contribution in [3.05, 3.63) is 203 Å². The predicted octanol–water partition coefficient (Wildman–Crippen LogP) is 8.80. The van der Waals surface area contributed by atoms with E-state index in [1.807, 2.05) is 0 Å². The largest absolute Gasteiger partial charge is 0.497 e. The molecule has 2 nitrogen and oxygen atoms in total. The minimum atomic E-state index is -0.681. The highest BCUT2D eigenvalue weighted by molar-refractivity contribution is 5.78. The molecule has 1 aliphatic rings. The Balaban J connectivity index is 1.76. The van der Waals surface area contributed by atoms with Crippen molar-refractivity contribution in [1.82, 2.24) is 0 Å². The van der Waals surface area contributed by atoms with Crippen LogP contribution in [0.2, 0.25) is 0 Å². The number of ether oxygens (including phenoxy) is 1. The molecule has 0 unspecified atom stereocenters. The molecular weight excluding hydrogens is 498 g/mol. The summed E-state index contributed by atoms with van der Waals surface area (Å²) in [6, 6.07) is 61.2. The quantitative estimate of drug-likeness (QED) is 0.214. The number of anilines is 1. The third kappa shape index (κ3) is 3.64. The predicted molar refractivity (Wildman–Crippen MR) is 167 cm³/mol. The van der Waals surface area contributed by atoms with Crippen LogP contribution in [-0.4, -0.2) is 7.11 Å². The van der Waals surface area contributed by atoms with Gasteiger partial charge in [-0.05, 0) is 57.6 Å². The number of rotatable bonds is 6. The summed E-state index contributed by atoms with van der Waals surface area (Å²) in [6.07, 6.45) is 0. The maximum Gasteiger partial charge on any atom is 0.119 e. The summed E-state index contributed by atoms with van der Waals surface area (Å²) in [4.78, 5) is 2.65. The second-order valence-electron chi connectivity index (χ2n) is 10.5. The van der Waals surface area contributed by atoms with Crippen molar-refractivity contribution < 1.29 is 4.74 Å². The molecule has 2 heteroatoms. The first-order valence-corrected chi connectivity index (χ1v) is 14.1. The van der Waals surface area contributed by atoms with Crippen molar-refractivity contribution in [1.29, 1.82) is 0 Å². The Labute approximate surface area is 242 Å². The molecule has 0 spiro atoms. The lowest BCUT2D eigenvalue weighted by molar-refractivity contribution is 0.413. The molecule has 6 aromatic rings. The molecule has 41 heavy (non-hydrogen) atoms. The normalized spacial score (nSPS) is 14.8. The Morgan fingerprint density at radius 1 is 0.415 bits per heavy atom. The zero-order valence-corrected chi connectivity index (χ0v) is 23.0. The second kappa shape index (κ2) is 10.1. The van der Waals surface area contributed by atoms with Gasteiger partial charge in [0.05, 0.1) is 7.11 Å². The number of fused-ring (bicyclic) bond motifs is 1. The molecule has 1 aliphatic heterocycles. The van der Waals surface area contributed by atoms with Crippen molar-refractivity contribution in [2.24, 2.45) is 0 Å². The lowest BCUT2D eigenvalue weighted by Gasteiger charge is -2.50. The fourth-order valence-corrected chi connectivity index (χ4v) is 6.91. The Morgan fingerprint density at radius 2 is 0.780 bits per heavy atom. The molecule has 7 rings (SSSR count). The zero-order valence-electron chi connectivity index (χ0n) is 23.0. The molecule has 1 heterocycles. The van der Waals surface area contributed by atoms with Crippen LogP contribution >= 0.6 is 0 Å². The average Bonchev–Trinajstić information content (AvgIpc) is 3.35. The van der Waals surface area contributed by atoms with Crippen LogP contribution in [0.5, 0.6) is 5.75 Å². The molecule has 0 bridgehead atoms. The van der Waals surface area contributed by atoms with Gasteiger partial charge in [-0.15, -0.1) is 0 Å². The van der Waals surface area contributed by atoms with E-state index in [-0.39, 0.29) is 0 Å². The van der Waals surface area contributed by atoms with Gasteiger partial charge in [0.1, 0.15) is 16.8 Å². The monoisotopic (exact) mass is 529 g/mol. The van der Waals surface area contributed by atoms with E-state index in [9.17, 15) is 0 Å². The van der Waals surface area contributed by atoms with Crippen molar-refractivity contribution in [2.45, 2.75) is 11.1 Å². The summed E-state index contributed by atoms with van der Waals surface area (Å²) >= 11 is 0. The van der Waals surface area contributed by atoms with Crippen molar-refractivity contribution in [2.75, 3.05) is 12.0 Å². The average molecular weight is 530 g/mol. The fourth-order valence-electron chi connectivity index (χ4n) is 6.91. The van der Waals surface area contributed by atoms with Gasteiger partial charge in [0.15, 0.2) is 0 Å². The van der Waals surface area contributed by atoms with Gasteiger partial charge in [-0.2, -0.15) is 0 Å². The molecule has 0 radical (unpaired) electrons. The van der Waals surface area contributed by atoms with Gasteiger partial charge in [0, 0.05) is 5.69 Å². The number of hydrogen-bond donors (Lipinski definition) is 0. The lowest BCUT2D eigenvalue weighted by Crippen LogP contribution is -2.54. The molecule has 198 valence electrons. The maximum absolute atomic E-state index is 5.91. The van der Waals surface area contributed by atoms with Crippen LogP contribution in [0.4, 0.5) is 5.69 Å². The van der Waals surface area contributed by atoms with Gasteiger partial charge in [0.2, 0.25) is 0 Å². The molecule has 0 aliphatic carbocycles. The Morgan fingerprint density at radius 3 is 1.17 bits per heavy atom. The smallest absolute Gasteiger partial charge is 0.119 e. The molecular formula is C39H31NO. The van der Waals surface area contributed by atoms with Crippen LogP contribution in [0, 0.1) is 0 Å². The molecule has 0 aromatic heterocycles. The summed E-state index contributed by atoms with van der Waals surface area (Å²) < 4.78 is 5.91. The maximum atomic E-state index is 5.91. The summed E-state index contributed by atoms with van der Waals surface area (Å²) in [7, 11) is 1.75. The van der Waals surface area contributed by atoms with Crippen LogP contribution in [0.3, 0.4) is 0 Å². The minimum absolute atomic E-state index is 0.656. The van der Waals surface area contributed by atoms with E-state index in [1.54, 1.807) is 7.11 Å². The van der Waals surface area contributed by atoms with Crippen LogP contribution in [0.15, 0.2) is 170 Å². The van der Waals surface area contributed by atoms with Crippen LogP contribution in [-0.2, 0) is 11.1 Å².